The highest BCUT2D eigenvalue weighted by Crippen LogP contribution is 2.31. The molecular formula is C29H31ClN4O3. The zero-order chi connectivity index (χ0) is 26.2. The van der Waals surface area contributed by atoms with Crippen LogP contribution in [0.25, 0.3) is 0 Å². The van der Waals surface area contributed by atoms with E-state index in [0.717, 1.165) is 23.2 Å². The van der Waals surface area contributed by atoms with Crippen LogP contribution in [0.4, 0.5) is 5.69 Å². The molecule has 0 bridgehead atoms. The Hall–Kier alpha value is -3.84. The van der Waals surface area contributed by atoms with E-state index >= 15 is 0 Å². The van der Waals surface area contributed by atoms with E-state index in [1.54, 1.807) is 6.07 Å². The summed E-state index contributed by atoms with van der Waals surface area (Å²) in [6.07, 6.45) is 2.01. The molecule has 4 N–H and O–H groups in total. The van der Waals surface area contributed by atoms with Gasteiger partial charge in [-0.05, 0) is 36.1 Å². The van der Waals surface area contributed by atoms with E-state index in [4.69, 9.17) is 17.3 Å². The molecule has 0 radical (unpaired) electrons. The standard InChI is InChI=1S/C29H31ClN4O3/c30-22-14-7-8-15-25(22)34-17-9-16-26(34)29(37)33-24(19-21-12-5-2-6-13-21)28(36)32-23(27(31)35)18-20-10-3-1-4-11-20/h1-8,10-15,23-24,26H,9,16-19H2,(H2,31,35)(H,32,36)(H,33,37)/t23-,24-,26-/m0/s1. The number of para-hydroxylation sites is 1. The van der Waals surface area contributed by atoms with Crippen LogP contribution < -0.4 is 21.3 Å². The van der Waals surface area contributed by atoms with Crippen molar-refractivity contribution < 1.29 is 14.4 Å². The fraction of sp³-hybridized carbons (Fsp3) is 0.276. The molecule has 3 aromatic carbocycles. The molecule has 4 rings (SSSR count). The quantitative estimate of drug-likeness (QED) is 0.383. The second-order valence-electron chi connectivity index (χ2n) is 9.21. The van der Waals surface area contributed by atoms with Crippen molar-refractivity contribution in [3.63, 3.8) is 0 Å². The highest BCUT2D eigenvalue weighted by atomic mass is 35.5. The van der Waals surface area contributed by atoms with Crippen molar-refractivity contribution in [2.75, 3.05) is 11.4 Å². The molecule has 1 saturated heterocycles. The van der Waals surface area contributed by atoms with Crippen LogP contribution in [-0.4, -0.2) is 42.4 Å². The summed E-state index contributed by atoms with van der Waals surface area (Å²) in [6.45, 7) is 0.693. The summed E-state index contributed by atoms with van der Waals surface area (Å²) in [5.41, 5.74) is 8.17. The van der Waals surface area contributed by atoms with E-state index in [0.29, 0.717) is 18.0 Å². The van der Waals surface area contributed by atoms with Crippen molar-refractivity contribution in [1.29, 1.82) is 0 Å². The Kier molecular flexibility index (Phi) is 8.80. The van der Waals surface area contributed by atoms with Crippen LogP contribution in [0.1, 0.15) is 24.0 Å². The van der Waals surface area contributed by atoms with Gasteiger partial charge in [0.25, 0.3) is 0 Å². The predicted octanol–water partition coefficient (Wildman–Crippen LogP) is 3.25. The molecular weight excluding hydrogens is 488 g/mol. The van der Waals surface area contributed by atoms with Gasteiger partial charge in [0.2, 0.25) is 17.7 Å². The third-order valence-electron chi connectivity index (χ3n) is 6.58. The monoisotopic (exact) mass is 518 g/mol. The molecule has 0 saturated carbocycles. The van der Waals surface area contributed by atoms with Crippen LogP contribution in [0.2, 0.25) is 5.02 Å². The van der Waals surface area contributed by atoms with E-state index < -0.39 is 29.9 Å². The number of nitrogens with two attached hydrogens (primary N) is 1. The zero-order valence-corrected chi connectivity index (χ0v) is 21.2. The second kappa shape index (κ2) is 12.4. The number of hydrogen-bond donors (Lipinski definition) is 3. The molecule has 8 heteroatoms. The zero-order valence-electron chi connectivity index (χ0n) is 20.5. The minimum absolute atomic E-state index is 0.257. The highest BCUT2D eigenvalue weighted by molar-refractivity contribution is 6.33. The number of nitrogens with zero attached hydrogens (tertiary/aromatic N) is 1. The summed E-state index contributed by atoms with van der Waals surface area (Å²) >= 11 is 6.41. The smallest absolute Gasteiger partial charge is 0.243 e. The fourth-order valence-corrected chi connectivity index (χ4v) is 4.93. The largest absolute Gasteiger partial charge is 0.368 e. The molecule has 0 unspecified atom stereocenters. The van der Waals surface area contributed by atoms with Gasteiger partial charge in [0.1, 0.15) is 18.1 Å². The maximum Gasteiger partial charge on any atom is 0.243 e. The van der Waals surface area contributed by atoms with Gasteiger partial charge in [0.05, 0.1) is 10.7 Å². The summed E-state index contributed by atoms with van der Waals surface area (Å²) < 4.78 is 0. The van der Waals surface area contributed by atoms with E-state index in [-0.39, 0.29) is 18.7 Å². The first-order chi connectivity index (χ1) is 17.9. The fourth-order valence-electron chi connectivity index (χ4n) is 4.68. The Balaban J connectivity index is 1.52. The first-order valence-corrected chi connectivity index (χ1v) is 12.8. The number of amides is 3. The van der Waals surface area contributed by atoms with Crippen LogP contribution in [0.3, 0.4) is 0 Å². The molecule has 3 atom stereocenters. The van der Waals surface area contributed by atoms with Crippen molar-refractivity contribution in [2.24, 2.45) is 5.73 Å². The molecule has 0 aromatic heterocycles. The van der Waals surface area contributed by atoms with Gasteiger partial charge in [-0.1, -0.05) is 84.4 Å². The summed E-state index contributed by atoms with van der Waals surface area (Å²) in [6, 6.07) is 24.0. The summed E-state index contributed by atoms with van der Waals surface area (Å²) in [7, 11) is 0. The Labute approximate surface area is 222 Å². The molecule has 0 aliphatic carbocycles. The van der Waals surface area contributed by atoms with Crippen LogP contribution in [-0.2, 0) is 27.2 Å². The van der Waals surface area contributed by atoms with E-state index in [9.17, 15) is 14.4 Å². The highest BCUT2D eigenvalue weighted by Gasteiger charge is 2.34. The van der Waals surface area contributed by atoms with Crippen molar-refractivity contribution >= 4 is 35.0 Å². The first-order valence-electron chi connectivity index (χ1n) is 12.4. The van der Waals surface area contributed by atoms with Gasteiger partial charge in [-0.25, -0.2) is 0 Å². The molecule has 7 nitrogen and oxygen atoms in total. The average Bonchev–Trinajstić information content (AvgIpc) is 3.39. The second-order valence-corrected chi connectivity index (χ2v) is 9.61. The SMILES string of the molecule is NC(=O)[C@H](Cc1ccccc1)NC(=O)[C@H](Cc1ccccc1)NC(=O)[C@@H]1CCCN1c1ccccc1Cl. The number of carbonyl (C=O) groups is 3. The molecule has 1 fully saturated rings. The van der Waals surface area contributed by atoms with Crippen LogP contribution in [0.5, 0.6) is 0 Å². The summed E-state index contributed by atoms with van der Waals surface area (Å²) in [5, 5.41) is 6.29. The third kappa shape index (κ3) is 6.89. The molecule has 0 spiro atoms. The predicted molar refractivity (Wildman–Crippen MR) is 145 cm³/mol. The van der Waals surface area contributed by atoms with E-state index in [1.165, 1.54) is 0 Å². The normalized spacial score (nSPS) is 16.6. The average molecular weight is 519 g/mol. The maximum absolute atomic E-state index is 13.5. The van der Waals surface area contributed by atoms with Crippen LogP contribution >= 0.6 is 11.6 Å². The Bertz CT molecular complexity index is 1220. The molecule has 3 amide bonds. The summed E-state index contributed by atoms with van der Waals surface area (Å²) in [4.78, 5) is 41.1. The van der Waals surface area contributed by atoms with Gasteiger partial charge < -0.3 is 21.3 Å². The lowest BCUT2D eigenvalue weighted by Crippen LogP contribution is -2.56. The van der Waals surface area contributed by atoms with Gasteiger partial charge >= 0.3 is 0 Å². The first kappa shape index (κ1) is 26.2. The molecule has 1 heterocycles. The number of primary amides is 1. The van der Waals surface area contributed by atoms with Crippen molar-refractivity contribution in [2.45, 2.75) is 43.8 Å². The van der Waals surface area contributed by atoms with Gasteiger partial charge in [0.15, 0.2) is 0 Å². The van der Waals surface area contributed by atoms with Crippen molar-refractivity contribution in [1.82, 2.24) is 10.6 Å². The lowest BCUT2D eigenvalue weighted by molar-refractivity contribution is -0.131. The number of nitrogens with one attached hydrogen (secondary N) is 2. The van der Waals surface area contributed by atoms with Gasteiger partial charge in [-0.15, -0.1) is 0 Å². The molecule has 37 heavy (non-hydrogen) atoms. The molecule has 192 valence electrons. The number of hydrogen-bond acceptors (Lipinski definition) is 4. The molecule has 1 aliphatic rings. The van der Waals surface area contributed by atoms with E-state index in [1.807, 2.05) is 83.8 Å². The maximum atomic E-state index is 13.5. The number of carbonyl (C=O) groups excluding carboxylic acids is 3. The third-order valence-corrected chi connectivity index (χ3v) is 6.90. The lowest BCUT2D eigenvalue weighted by Gasteiger charge is -2.29. The van der Waals surface area contributed by atoms with E-state index in [2.05, 4.69) is 10.6 Å². The number of anilines is 1. The minimum Gasteiger partial charge on any atom is -0.368 e. The van der Waals surface area contributed by atoms with Crippen LogP contribution in [0.15, 0.2) is 84.9 Å². The molecule has 3 aromatic rings. The topological polar surface area (TPSA) is 105 Å². The number of benzene rings is 3. The Morgan fingerprint density at radius 1 is 0.838 bits per heavy atom. The number of halogens is 1. The Morgan fingerprint density at radius 2 is 1.41 bits per heavy atom. The molecule has 1 aliphatic heterocycles. The van der Waals surface area contributed by atoms with Crippen molar-refractivity contribution in [3.8, 4) is 0 Å². The number of rotatable bonds is 10. The van der Waals surface area contributed by atoms with Gasteiger partial charge in [-0.2, -0.15) is 0 Å². The Morgan fingerprint density at radius 3 is 2.00 bits per heavy atom. The minimum atomic E-state index is -0.906. The summed E-state index contributed by atoms with van der Waals surface area (Å²) in [5.74, 6) is -1.35. The van der Waals surface area contributed by atoms with Gasteiger partial charge in [0, 0.05) is 19.4 Å². The lowest BCUT2D eigenvalue weighted by atomic mass is 10.0. The van der Waals surface area contributed by atoms with Crippen LogP contribution in [0, 0.1) is 0 Å². The van der Waals surface area contributed by atoms with Gasteiger partial charge in [-0.3, -0.25) is 14.4 Å². The van der Waals surface area contributed by atoms with Crippen molar-refractivity contribution in [3.05, 3.63) is 101 Å².